The van der Waals surface area contributed by atoms with Gasteiger partial charge in [-0.15, -0.1) is 10.2 Å². The van der Waals surface area contributed by atoms with E-state index in [-0.39, 0.29) is 17.6 Å². The van der Waals surface area contributed by atoms with E-state index in [1.807, 2.05) is 0 Å². The molecule has 0 spiro atoms. The summed E-state index contributed by atoms with van der Waals surface area (Å²) in [5.74, 6) is 0.982. The van der Waals surface area contributed by atoms with Crippen LogP contribution in [0.5, 0.6) is 0 Å². The van der Waals surface area contributed by atoms with E-state index in [0.717, 1.165) is 25.0 Å². The Bertz CT molecular complexity index is 1020. The molecule has 0 bridgehead atoms. The third-order valence-corrected chi connectivity index (χ3v) is 4.51. The molecule has 1 heterocycles. The first-order valence-corrected chi connectivity index (χ1v) is 8.74. The highest BCUT2D eigenvalue weighted by Gasteiger charge is 2.31. The molecule has 0 aliphatic heterocycles. The third kappa shape index (κ3) is 3.76. The summed E-state index contributed by atoms with van der Waals surface area (Å²) in [5, 5.41) is 11.2. The van der Waals surface area contributed by atoms with Gasteiger partial charge in [0, 0.05) is 17.2 Å². The highest BCUT2D eigenvalue weighted by Crippen LogP contribution is 2.41. The summed E-state index contributed by atoms with van der Waals surface area (Å²) in [6.45, 7) is 1.45. The number of hydrogen-bond acceptors (Lipinski definition) is 5. The maximum atomic E-state index is 12.7. The molecule has 0 unspecified atom stereocenters. The summed E-state index contributed by atoms with van der Waals surface area (Å²) >= 11 is 0. The molecule has 5 nitrogen and oxygen atoms in total. The number of nitrogens with zero attached hydrogens (tertiary/aromatic N) is 2. The van der Waals surface area contributed by atoms with Crippen molar-refractivity contribution in [3.63, 3.8) is 0 Å². The number of anilines is 2. The number of benzene rings is 2. The molecule has 144 valence electrons. The van der Waals surface area contributed by atoms with E-state index in [1.165, 1.54) is 19.1 Å². The summed E-state index contributed by atoms with van der Waals surface area (Å²) in [6, 6.07) is 9.64. The molecule has 3 aromatic rings. The Balaban J connectivity index is 1.68. The second-order valence-electron chi connectivity index (χ2n) is 6.74. The topological polar surface area (TPSA) is 68.0 Å². The highest BCUT2D eigenvalue weighted by molar-refractivity contribution is 5.96. The summed E-state index contributed by atoms with van der Waals surface area (Å²) in [5.41, 5.74) is 1.28. The van der Waals surface area contributed by atoms with Gasteiger partial charge in [0.25, 0.3) is 0 Å². The Morgan fingerprint density at radius 2 is 1.82 bits per heavy atom. The minimum absolute atomic E-state index is 0.121. The number of nitrogens with one attached hydrogen (secondary N) is 1. The van der Waals surface area contributed by atoms with Crippen molar-refractivity contribution in [2.45, 2.75) is 31.9 Å². The van der Waals surface area contributed by atoms with Crippen molar-refractivity contribution in [2.24, 2.45) is 0 Å². The summed E-state index contributed by atoms with van der Waals surface area (Å²) in [6.07, 6.45) is -2.38. The van der Waals surface area contributed by atoms with Crippen LogP contribution in [0.3, 0.4) is 0 Å². The Labute approximate surface area is 158 Å². The maximum Gasteiger partial charge on any atom is 0.416 e. The number of hydrogen-bond donors (Lipinski definition) is 1. The molecule has 0 saturated heterocycles. The number of rotatable bonds is 5. The molecule has 0 radical (unpaired) electrons. The average Bonchev–Trinajstić information content (AvgIpc) is 3.39. The minimum atomic E-state index is -4.39. The largest absolute Gasteiger partial charge is 0.420 e. The number of carbonyl (C=O) groups excluding carboxylic acids is 1. The van der Waals surface area contributed by atoms with Gasteiger partial charge in [0.2, 0.25) is 11.8 Å². The fourth-order valence-corrected chi connectivity index (χ4v) is 2.79. The molecule has 1 aromatic heterocycles. The minimum Gasteiger partial charge on any atom is -0.420 e. The molecule has 1 aliphatic rings. The SMILES string of the molecule is CC(=O)c1ccc(Nc2ccc(C(F)(F)F)cc2)c(-c2nnc(C3CC3)o2)c1. The lowest BCUT2D eigenvalue weighted by Gasteiger charge is -2.12. The fourth-order valence-electron chi connectivity index (χ4n) is 2.79. The fraction of sp³-hybridized carbons (Fsp3) is 0.250. The van der Waals surface area contributed by atoms with Gasteiger partial charge in [0.1, 0.15) is 0 Å². The van der Waals surface area contributed by atoms with Crippen LogP contribution in [-0.2, 0) is 6.18 Å². The molecule has 1 N–H and O–H groups in total. The van der Waals surface area contributed by atoms with Gasteiger partial charge in [0.15, 0.2) is 5.78 Å². The number of aromatic nitrogens is 2. The highest BCUT2D eigenvalue weighted by atomic mass is 19.4. The van der Waals surface area contributed by atoms with Crippen LogP contribution >= 0.6 is 0 Å². The van der Waals surface area contributed by atoms with E-state index in [1.54, 1.807) is 18.2 Å². The zero-order valence-electron chi connectivity index (χ0n) is 14.9. The molecule has 28 heavy (non-hydrogen) atoms. The second-order valence-corrected chi connectivity index (χ2v) is 6.74. The summed E-state index contributed by atoms with van der Waals surface area (Å²) < 4.78 is 44.0. The van der Waals surface area contributed by atoms with Gasteiger partial charge >= 0.3 is 6.18 Å². The summed E-state index contributed by atoms with van der Waals surface area (Å²) in [4.78, 5) is 11.8. The first-order chi connectivity index (χ1) is 13.3. The van der Waals surface area contributed by atoms with Crippen LogP contribution in [-0.4, -0.2) is 16.0 Å². The standard InChI is InChI=1S/C20H16F3N3O2/c1-11(27)13-4-9-17(24-15-7-5-14(6-8-15)20(21,22)23)16(10-13)19-26-25-18(28-19)12-2-3-12/h4-10,12,24H,2-3H2,1H3. The molecule has 2 aromatic carbocycles. The van der Waals surface area contributed by atoms with Crippen LogP contribution in [0.25, 0.3) is 11.5 Å². The van der Waals surface area contributed by atoms with Crippen LogP contribution in [0.2, 0.25) is 0 Å². The van der Waals surface area contributed by atoms with Crippen LogP contribution in [0.1, 0.15) is 47.5 Å². The Kier molecular flexibility index (Phi) is 4.41. The van der Waals surface area contributed by atoms with Crippen LogP contribution in [0.15, 0.2) is 46.9 Å². The predicted molar refractivity (Wildman–Crippen MR) is 96.4 cm³/mol. The molecule has 8 heteroatoms. The van der Waals surface area contributed by atoms with Crippen molar-refractivity contribution in [1.29, 1.82) is 0 Å². The number of ketones is 1. The van der Waals surface area contributed by atoms with E-state index < -0.39 is 11.7 Å². The zero-order valence-corrected chi connectivity index (χ0v) is 14.9. The maximum absolute atomic E-state index is 12.7. The first kappa shape index (κ1) is 18.2. The first-order valence-electron chi connectivity index (χ1n) is 8.74. The zero-order chi connectivity index (χ0) is 19.9. The monoisotopic (exact) mass is 387 g/mol. The number of carbonyl (C=O) groups is 1. The van der Waals surface area contributed by atoms with Crippen molar-refractivity contribution in [2.75, 3.05) is 5.32 Å². The third-order valence-electron chi connectivity index (χ3n) is 4.51. The van der Waals surface area contributed by atoms with Crippen molar-refractivity contribution >= 4 is 17.2 Å². The molecule has 4 rings (SSSR count). The molecule has 1 fully saturated rings. The lowest BCUT2D eigenvalue weighted by molar-refractivity contribution is -0.137. The molecule has 0 atom stereocenters. The quantitative estimate of drug-likeness (QED) is 0.579. The predicted octanol–water partition coefficient (Wildman–Crippen LogP) is 5.58. The van der Waals surface area contributed by atoms with Gasteiger partial charge in [-0.2, -0.15) is 13.2 Å². The van der Waals surface area contributed by atoms with E-state index >= 15 is 0 Å². The van der Waals surface area contributed by atoms with Crippen LogP contribution < -0.4 is 5.32 Å². The van der Waals surface area contributed by atoms with Gasteiger partial charge in [-0.1, -0.05) is 0 Å². The summed E-state index contributed by atoms with van der Waals surface area (Å²) in [7, 11) is 0. The van der Waals surface area contributed by atoms with Crippen molar-refractivity contribution < 1.29 is 22.4 Å². The lowest BCUT2D eigenvalue weighted by Crippen LogP contribution is -2.04. The van der Waals surface area contributed by atoms with Gasteiger partial charge in [-0.05, 0) is 62.2 Å². The van der Waals surface area contributed by atoms with E-state index in [4.69, 9.17) is 4.42 Å². The Morgan fingerprint density at radius 3 is 2.43 bits per heavy atom. The normalized spacial score (nSPS) is 14.1. The van der Waals surface area contributed by atoms with Gasteiger partial charge in [-0.3, -0.25) is 4.79 Å². The number of Topliss-reactive ketones (excluding diaryl/α,β-unsaturated/α-hetero) is 1. The molecular formula is C20H16F3N3O2. The van der Waals surface area contributed by atoms with Gasteiger partial charge in [-0.25, -0.2) is 0 Å². The Morgan fingerprint density at radius 1 is 1.11 bits per heavy atom. The van der Waals surface area contributed by atoms with E-state index in [2.05, 4.69) is 15.5 Å². The van der Waals surface area contributed by atoms with Crippen molar-refractivity contribution in [3.05, 3.63) is 59.5 Å². The number of halogens is 3. The number of alkyl halides is 3. The van der Waals surface area contributed by atoms with Crippen LogP contribution in [0, 0.1) is 0 Å². The van der Waals surface area contributed by atoms with Gasteiger partial charge in [0.05, 0.1) is 16.8 Å². The van der Waals surface area contributed by atoms with Gasteiger partial charge < -0.3 is 9.73 Å². The average molecular weight is 387 g/mol. The van der Waals surface area contributed by atoms with E-state index in [9.17, 15) is 18.0 Å². The molecule has 1 saturated carbocycles. The molecular weight excluding hydrogens is 371 g/mol. The lowest BCUT2D eigenvalue weighted by atomic mass is 10.1. The molecule has 1 aliphatic carbocycles. The van der Waals surface area contributed by atoms with Crippen molar-refractivity contribution in [3.8, 4) is 11.5 Å². The van der Waals surface area contributed by atoms with Crippen LogP contribution in [0.4, 0.5) is 24.5 Å². The molecule has 0 amide bonds. The van der Waals surface area contributed by atoms with E-state index in [0.29, 0.717) is 28.4 Å². The van der Waals surface area contributed by atoms with Crippen molar-refractivity contribution in [1.82, 2.24) is 10.2 Å². The Hall–Kier alpha value is -3.16. The second kappa shape index (κ2) is 6.78. The smallest absolute Gasteiger partial charge is 0.416 e.